The van der Waals surface area contributed by atoms with Crippen LogP contribution in [-0.4, -0.2) is 41.3 Å². The Balaban J connectivity index is 1.94. The monoisotopic (exact) mass is 366 g/mol. The molecular weight excluding hydrogens is 353 g/mol. The van der Waals surface area contributed by atoms with Crippen LogP contribution in [-0.2, 0) is 10.9 Å². The predicted molar refractivity (Wildman–Crippen MR) is 88.7 cm³/mol. The molecule has 9 heteroatoms. The molecule has 4 heterocycles. The van der Waals surface area contributed by atoms with Crippen molar-refractivity contribution >= 4 is 27.4 Å². The van der Waals surface area contributed by atoms with Gasteiger partial charge in [0.2, 0.25) is 0 Å². The number of aromatic nitrogens is 3. The Morgan fingerprint density at radius 2 is 1.92 bits per heavy atom. The third kappa shape index (κ3) is 3.05. The molecule has 3 aromatic heterocycles. The normalized spacial score (nSPS) is 15.7. The van der Waals surface area contributed by atoms with Gasteiger partial charge in [0.1, 0.15) is 16.3 Å². The highest BCUT2D eigenvalue weighted by Gasteiger charge is 2.36. The third-order valence-corrected chi connectivity index (χ3v) is 4.80. The van der Waals surface area contributed by atoms with Gasteiger partial charge in [0, 0.05) is 24.7 Å². The fraction of sp³-hybridized carbons (Fsp3) is 0.312. The Kier molecular flexibility index (Phi) is 4.04. The van der Waals surface area contributed by atoms with E-state index in [9.17, 15) is 13.2 Å². The first-order valence-electron chi connectivity index (χ1n) is 7.64. The quantitative estimate of drug-likeness (QED) is 0.694. The lowest BCUT2D eigenvalue weighted by Gasteiger charge is -2.29. The van der Waals surface area contributed by atoms with E-state index in [2.05, 4.69) is 15.0 Å². The standard InChI is InChI=1S/C16H13F3N4OS/c17-16(18,19)10-9-25-15-12(10)14(23-5-7-24-8-6-23)21-13(22-15)11-3-1-2-4-20-11/h1-4,9H,5-8H2. The van der Waals surface area contributed by atoms with Gasteiger partial charge in [0.15, 0.2) is 5.82 Å². The zero-order valence-electron chi connectivity index (χ0n) is 13.0. The van der Waals surface area contributed by atoms with Crippen molar-refractivity contribution in [1.82, 2.24) is 15.0 Å². The summed E-state index contributed by atoms with van der Waals surface area (Å²) in [5, 5.41) is 1.16. The Morgan fingerprint density at radius 1 is 1.12 bits per heavy atom. The number of rotatable bonds is 2. The highest BCUT2D eigenvalue weighted by molar-refractivity contribution is 7.17. The molecule has 25 heavy (non-hydrogen) atoms. The van der Waals surface area contributed by atoms with Gasteiger partial charge in [-0.1, -0.05) is 6.07 Å². The molecule has 0 aliphatic carbocycles. The van der Waals surface area contributed by atoms with Crippen LogP contribution in [0.1, 0.15) is 5.56 Å². The first kappa shape index (κ1) is 16.2. The van der Waals surface area contributed by atoms with E-state index in [1.54, 1.807) is 24.4 Å². The van der Waals surface area contributed by atoms with Crippen LogP contribution in [0.2, 0.25) is 0 Å². The number of fused-ring (bicyclic) bond motifs is 1. The molecule has 0 aromatic carbocycles. The third-order valence-electron chi connectivity index (χ3n) is 3.92. The maximum Gasteiger partial charge on any atom is 0.418 e. The molecule has 0 atom stereocenters. The fourth-order valence-electron chi connectivity index (χ4n) is 2.75. The summed E-state index contributed by atoms with van der Waals surface area (Å²) in [6.45, 7) is 1.88. The Bertz CT molecular complexity index is 892. The average Bonchev–Trinajstić information content (AvgIpc) is 3.07. The summed E-state index contributed by atoms with van der Waals surface area (Å²) < 4.78 is 45.6. The maximum absolute atomic E-state index is 13.4. The Hall–Kier alpha value is -2.26. The molecule has 0 saturated carbocycles. The summed E-state index contributed by atoms with van der Waals surface area (Å²) in [4.78, 5) is 15.1. The van der Waals surface area contributed by atoms with E-state index >= 15 is 0 Å². The molecule has 1 aliphatic heterocycles. The van der Waals surface area contributed by atoms with Crippen LogP contribution < -0.4 is 4.90 Å². The largest absolute Gasteiger partial charge is 0.418 e. The smallest absolute Gasteiger partial charge is 0.378 e. The molecule has 3 aromatic rings. The average molecular weight is 366 g/mol. The second kappa shape index (κ2) is 6.23. The molecule has 130 valence electrons. The number of thiophene rings is 1. The SMILES string of the molecule is FC(F)(F)c1csc2nc(-c3ccccn3)nc(N3CCOCC3)c12. The molecule has 1 fully saturated rings. The van der Waals surface area contributed by atoms with Gasteiger partial charge in [0.05, 0.1) is 24.2 Å². The van der Waals surface area contributed by atoms with Crippen LogP contribution in [0, 0.1) is 0 Å². The van der Waals surface area contributed by atoms with Gasteiger partial charge in [-0.25, -0.2) is 9.97 Å². The van der Waals surface area contributed by atoms with Crippen molar-refractivity contribution in [1.29, 1.82) is 0 Å². The highest BCUT2D eigenvalue weighted by Crippen LogP contribution is 2.42. The van der Waals surface area contributed by atoms with Crippen LogP contribution in [0.5, 0.6) is 0 Å². The maximum atomic E-state index is 13.4. The summed E-state index contributed by atoms with van der Waals surface area (Å²) in [6, 6.07) is 5.29. The van der Waals surface area contributed by atoms with E-state index in [4.69, 9.17) is 4.74 Å². The van der Waals surface area contributed by atoms with Crippen molar-refractivity contribution in [2.24, 2.45) is 0 Å². The fourth-order valence-corrected chi connectivity index (χ4v) is 3.68. The van der Waals surface area contributed by atoms with Crippen molar-refractivity contribution < 1.29 is 17.9 Å². The van der Waals surface area contributed by atoms with Crippen molar-refractivity contribution in [3.05, 3.63) is 35.3 Å². The van der Waals surface area contributed by atoms with Gasteiger partial charge in [-0.2, -0.15) is 13.2 Å². The van der Waals surface area contributed by atoms with Crippen molar-refractivity contribution in [2.45, 2.75) is 6.18 Å². The van der Waals surface area contributed by atoms with E-state index < -0.39 is 11.7 Å². The lowest BCUT2D eigenvalue weighted by atomic mass is 10.2. The minimum atomic E-state index is -4.45. The van der Waals surface area contributed by atoms with E-state index in [1.165, 1.54) is 0 Å². The van der Waals surface area contributed by atoms with Crippen LogP contribution in [0.3, 0.4) is 0 Å². The van der Waals surface area contributed by atoms with Crippen molar-refractivity contribution in [3.63, 3.8) is 0 Å². The second-order valence-corrected chi connectivity index (χ2v) is 6.37. The first-order valence-corrected chi connectivity index (χ1v) is 8.52. The summed E-state index contributed by atoms with van der Waals surface area (Å²) in [7, 11) is 0. The lowest BCUT2D eigenvalue weighted by molar-refractivity contribution is -0.136. The zero-order valence-corrected chi connectivity index (χ0v) is 13.8. The lowest BCUT2D eigenvalue weighted by Crippen LogP contribution is -2.37. The van der Waals surface area contributed by atoms with Gasteiger partial charge in [-0.3, -0.25) is 4.98 Å². The van der Waals surface area contributed by atoms with E-state index in [-0.39, 0.29) is 5.39 Å². The summed E-state index contributed by atoms with van der Waals surface area (Å²) in [5.41, 5.74) is -0.164. The van der Waals surface area contributed by atoms with Gasteiger partial charge >= 0.3 is 6.18 Å². The molecule has 0 N–H and O–H groups in total. The molecule has 1 saturated heterocycles. The molecule has 0 radical (unpaired) electrons. The number of hydrogen-bond acceptors (Lipinski definition) is 6. The van der Waals surface area contributed by atoms with Gasteiger partial charge in [-0.05, 0) is 12.1 Å². The second-order valence-electron chi connectivity index (χ2n) is 5.51. The number of hydrogen-bond donors (Lipinski definition) is 0. The topological polar surface area (TPSA) is 51.1 Å². The molecule has 0 spiro atoms. The molecule has 5 nitrogen and oxygen atoms in total. The van der Waals surface area contributed by atoms with Gasteiger partial charge in [0.25, 0.3) is 0 Å². The molecule has 0 bridgehead atoms. The number of pyridine rings is 1. The van der Waals surface area contributed by atoms with Crippen LogP contribution in [0.4, 0.5) is 19.0 Å². The van der Waals surface area contributed by atoms with Crippen LogP contribution >= 0.6 is 11.3 Å². The minimum absolute atomic E-state index is 0.0547. The van der Waals surface area contributed by atoms with Crippen molar-refractivity contribution in [2.75, 3.05) is 31.2 Å². The van der Waals surface area contributed by atoms with E-state index in [0.717, 1.165) is 16.7 Å². The summed E-state index contributed by atoms with van der Waals surface area (Å²) in [5.74, 6) is 0.618. The summed E-state index contributed by atoms with van der Waals surface area (Å²) in [6.07, 6.45) is -2.85. The molecule has 0 unspecified atom stereocenters. The predicted octanol–water partition coefficient (Wildman–Crippen LogP) is 3.61. The number of anilines is 1. The Morgan fingerprint density at radius 3 is 2.60 bits per heavy atom. The van der Waals surface area contributed by atoms with Gasteiger partial charge in [-0.15, -0.1) is 11.3 Å². The van der Waals surface area contributed by atoms with Crippen molar-refractivity contribution in [3.8, 4) is 11.5 Å². The van der Waals surface area contributed by atoms with E-state index in [1.807, 2.05) is 4.90 Å². The molecule has 0 amide bonds. The molecule has 4 rings (SSSR count). The zero-order chi connectivity index (χ0) is 17.4. The number of ether oxygens (including phenoxy) is 1. The van der Waals surface area contributed by atoms with Crippen LogP contribution in [0.15, 0.2) is 29.8 Å². The number of alkyl halides is 3. The molecule has 1 aliphatic rings. The summed E-state index contributed by atoms with van der Waals surface area (Å²) >= 11 is 0.971. The molecular formula is C16H13F3N4OS. The number of morpholine rings is 1. The van der Waals surface area contributed by atoms with E-state index in [0.29, 0.717) is 48.5 Å². The highest BCUT2D eigenvalue weighted by atomic mass is 32.1. The number of halogens is 3. The number of nitrogens with zero attached hydrogens (tertiary/aromatic N) is 4. The van der Waals surface area contributed by atoms with Gasteiger partial charge < -0.3 is 9.64 Å². The first-order chi connectivity index (χ1) is 12.0. The Labute approximate surface area is 145 Å². The minimum Gasteiger partial charge on any atom is -0.378 e. The van der Waals surface area contributed by atoms with Crippen LogP contribution in [0.25, 0.3) is 21.7 Å².